The minimum Gasteiger partial charge on any atom is -0.0776 e. The van der Waals surface area contributed by atoms with Gasteiger partial charge in [-0.15, -0.1) is 0 Å². The largest absolute Gasteiger partial charge is 0.0776 e. The van der Waals surface area contributed by atoms with E-state index in [4.69, 9.17) is 0 Å². The SMILES string of the molecule is C.C.C.C.C.C.CC.CC.CC.CC.CC.CC.CC.CC.CC.C[C@@H]1Cc2c(c3c(c4ccccc24)[C@H](C)[C@H](C)C3)[C@@H]1C.C[C@@H]1Cc2c(ccc3c2[C@H](C)[C@H](C)C3)[C@@H]1C.C[C@@H]1Cc2cc3c(cc2[C@@H]1C)C[C@@H](C)[C@H]3C. The third kappa shape index (κ3) is 19.7. The highest BCUT2D eigenvalue weighted by molar-refractivity contribution is 5.93. The molecule has 0 N–H and O–H groups in total. The van der Waals surface area contributed by atoms with Gasteiger partial charge in [0.2, 0.25) is 0 Å². The fourth-order valence-electron chi connectivity index (χ4n) is 12.0. The summed E-state index contributed by atoms with van der Waals surface area (Å²) in [7, 11) is 0. The lowest BCUT2D eigenvalue weighted by molar-refractivity contribution is 0.520. The van der Waals surface area contributed by atoms with Crippen LogP contribution in [0.15, 0.2) is 48.5 Å². The third-order valence-corrected chi connectivity index (χ3v) is 16.6. The molecule has 0 aliphatic heterocycles. The van der Waals surface area contributed by atoms with E-state index in [2.05, 4.69) is 132 Å². The minimum absolute atomic E-state index is 0. The zero-order valence-corrected chi connectivity index (χ0v) is 52.8. The Morgan fingerprint density at radius 1 is 0.250 bits per heavy atom. The maximum Gasteiger partial charge on any atom is -0.0143 e. The number of hydrogen-bond donors (Lipinski definition) is 0. The second kappa shape index (κ2) is 45.9. The van der Waals surface area contributed by atoms with Gasteiger partial charge in [0, 0.05) is 0 Å². The first-order chi connectivity index (χ1) is 33.8. The molecule has 0 unspecified atom stereocenters. The van der Waals surface area contributed by atoms with Crippen LogP contribution in [0.4, 0.5) is 0 Å². The van der Waals surface area contributed by atoms with Crippen LogP contribution >= 0.6 is 0 Å². The van der Waals surface area contributed by atoms with Crippen molar-refractivity contribution in [2.24, 2.45) is 35.5 Å². The first-order valence-corrected chi connectivity index (χ1v) is 30.6. The van der Waals surface area contributed by atoms with Crippen LogP contribution in [0.25, 0.3) is 10.8 Å². The summed E-state index contributed by atoms with van der Waals surface area (Å²) in [6, 6.07) is 19.0. The van der Waals surface area contributed by atoms with E-state index in [9.17, 15) is 0 Å². The van der Waals surface area contributed by atoms with Gasteiger partial charge >= 0.3 is 0 Å². The summed E-state index contributed by atoms with van der Waals surface area (Å²) in [5.41, 5.74) is 20.1. The molecule has 6 aliphatic carbocycles. The summed E-state index contributed by atoms with van der Waals surface area (Å²) in [6.45, 7) is 64.9. The molecule has 4 aromatic carbocycles. The Labute approximate surface area is 485 Å². The van der Waals surface area contributed by atoms with E-state index in [-0.39, 0.29) is 44.6 Å². The van der Waals surface area contributed by atoms with Crippen LogP contribution in [0.1, 0.15) is 355 Å². The quantitative estimate of drug-likeness (QED) is 0.165. The van der Waals surface area contributed by atoms with E-state index in [0.717, 1.165) is 65.1 Å². The van der Waals surface area contributed by atoms with Gasteiger partial charge in [-0.1, -0.05) is 301 Å². The molecule has 12 atom stereocenters. The predicted octanol–water partition coefficient (Wildman–Crippen LogP) is 27.0. The van der Waals surface area contributed by atoms with Crippen LogP contribution in [0.5, 0.6) is 0 Å². The molecule has 76 heavy (non-hydrogen) atoms. The maximum absolute atomic E-state index is 2.53. The van der Waals surface area contributed by atoms with Crippen molar-refractivity contribution in [2.45, 2.75) is 326 Å². The van der Waals surface area contributed by atoms with Crippen molar-refractivity contribution >= 4 is 10.8 Å². The van der Waals surface area contributed by atoms with Crippen molar-refractivity contribution < 1.29 is 0 Å². The first-order valence-electron chi connectivity index (χ1n) is 30.6. The summed E-state index contributed by atoms with van der Waals surface area (Å²) in [5.74, 6) is 9.48. The van der Waals surface area contributed by atoms with Crippen molar-refractivity contribution in [1.82, 2.24) is 0 Å². The summed E-state index contributed by atoms with van der Waals surface area (Å²) in [6.07, 6.45) is 7.77. The van der Waals surface area contributed by atoms with E-state index < -0.39 is 0 Å². The fraction of sp³-hybridized carbons (Fsp3) is 0.711. The van der Waals surface area contributed by atoms with Crippen molar-refractivity contribution in [3.63, 3.8) is 0 Å². The molecule has 6 aliphatic rings. The molecule has 0 amide bonds. The zero-order chi connectivity index (χ0) is 54.9. The minimum atomic E-state index is 0. The predicted molar refractivity (Wildman–Crippen MR) is 367 cm³/mol. The summed E-state index contributed by atoms with van der Waals surface area (Å²) >= 11 is 0. The molecule has 0 heterocycles. The van der Waals surface area contributed by atoms with E-state index in [1.807, 2.05) is 125 Å². The van der Waals surface area contributed by atoms with Gasteiger partial charge in [0.15, 0.2) is 0 Å². The zero-order valence-electron chi connectivity index (χ0n) is 52.8. The highest BCUT2D eigenvalue weighted by atomic mass is 14.4. The lowest BCUT2D eigenvalue weighted by Gasteiger charge is -2.18. The smallest absolute Gasteiger partial charge is 0.0143 e. The topological polar surface area (TPSA) is 0 Å². The average molecular weight is 1060 g/mol. The molecule has 0 fully saturated rings. The number of fused-ring (bicyclic) bond motifs is 11. The molecule has 0 spiro atoms. The number of benzene rings is 4. The Balaban J connectivity index is -0.000000128. The van der Waals surface area contributed by atoms with E-state index >= 15 is 0 Å². The van der Waals surface area contributed by atoms with Crippen LogP contribution in [-0.4, -0.2) is 0 Å². The number of rotatable bonds is 0. The monoisotopic (exact) mass is 1060 g/mol. The highest BCUT2D eigenvalue weighted by Gasteiger charge is 2.38. The molecular weight excluding hydrogens is 913 g/mol. The van der Waals surface area contributed by atoms with Gasteiger partial charge in [-0.3, -0.25) is 0 Å². The van der Waals surface area contributed by atoms with Crippen molar-refractivity contribution in [3.05, 3.63) is 115 Å². The van der Waals surface area contributed by atoms with Crippen LogP contribution < -0.4 is 0 Å². The summed E-state index contributed by atoms with van der Waals surface area (Å²) < 4.78 is 0. The molecule has 0 bridgehead atoms. The van der Waals surface area contributed by atoms with Gasteiger partial charge in [0.25, 0.3) is 0 Å². The fourth-order valence-corrected chi connectivity index (χ4v) is 12.0. The Kier molecular flexibility index (Phi) is 54.2. The lowest BCUT2D eigenvalue weighted by Crippen LogP contribution is -2.01. The normalized spacial score (nSPS) is 24.3. The molecule has 0 nitrogen and oxygen atoms in total. The van der Waals surface area contributed by atoms with Crippen LogP contribution in [-0.2, 0) is 38.5 Å². The van der Waals surface area contributed by atoms with Gasteiger partial charge in [0.05, 0.1) is 0 Å². The maximum atomic E-state index is 2.53. The molecule has 0 radical (unpaired) electrons. The van der Waals surface area contributed by atoms with Crippen LogP contribution in [0.3, 0.4) is 0 Å². The summed E-state index contributed by atoms with van der Waals surface area (Å²) in [4.78, 5) is 0. The highest BCUT2D eigenvalue weighted by Crippen LogP contribution is 2.52. The Bertz CT molecular complexity index is 1970. The van der Waals surface area contributed by atoms with Crippen LogP contribution in [0.2, 0.25) is 0 Å². The van der Waals surface area contributed by atoms with Gasteiger partial charge < -0.3 is 0 Å². The molecule has 0 aromatic heterocycles. The van der Waals surface area contributed by atoms with Crippen molar-refractivity contribution in [1.29, 1.82) is 0 Å². The third-order valence-electron chi connectivity index (χ3n) is 16.6. The van der Waals surface area contributed by atoms with Gasteiger partial charge in [-0.2, -0.15) is 0 Å². The Hall–Kier alpha value is -2.86. The number of hydrogen-bond acceptors (Lipinski definition) is 0. The van der Waals surface area contributed by atoms with Crippen molar-refractivity contribution in [2.75, 3.05) is 0 Å². The van der Waals surface area contributed by atoms with Gasteiger partial charge in [-0.25, -0.2) is 0 Å². The lowest BCUT2D eigenvalue weighted by atomic mass is 9.86. The molecular formula is C76H146. The Morgan fingerprint density at radius 2 is 0.539 bits per heavy atom. The second-order valence-electron chi connectivity index (χ2n) is 19.6. The molecule has 0 saturated carbocycles. The van der Waals surface area contributed by atoms with Gasteiger partial charge in [0.1, 0.15) is 0 Å². The Morgan fingerprint density at radius 3 is 0.961 bits per heavy atom. The standard InChI is InChI=1S/C20H24.2C16H22.9C2H6.6CH4/c1-11-9-17-15-7-5-6-8-16(15)19-13(3)12(2)10-18(19)20(17)14(11)4;1-9-5-13-7-16-12(4)10(2)6-14(16)8-15(13)11(9)3;1-9-7-13-5-6-14-11(3)10(2)8-15(14)16(13)12(9)4;9*1-2;;;;;;/h5-8,11-14H,9-10H2,1-4H3;7-12H,5-6H2,1-4H3;5-6,9-12H,7-8H2,1-4H3;9*1-2H3;6*1H4/t11-,12-,13-,14-;2*9-,10-,11-,12-;;;;;;;;;;;;;;;/m111.............../s1. The molecule has 10 rings (SSSR count). The average Bonchev–Trinajstić information content (AvgIpc) is 4.22. The molecule has 450 valence electrons. The molecule has 0 saturated heterocycles. The second-order valence-corrected chi connectivity index (χ2v) is 19.6. The van der Waals surface area contributed by atoms with Crippen molar-refractivity contribution in [3.8, 4) is 0 Å². The molecule has 0 heteroatoms. The van der Waals surface area contributed by atoms with E-state index in [0.29, 0.717) is 5.92 Å². The first kappa shape index (κ1) is 89.7. The molecule has 4 aromatic rings. The van der Waals surface area contributed by atoms with Crippen LogP contribution in [0, 0.1) is 35.5 Å². The summed E-state index contributed by atoms with van der Waals surface area (Å²) in [5, 5.41) is 3.08. The van der Waals surface area contributed by atoms with E-state index in [1.165, 1.54) is 38.5 Å². The van der Waals surface area contributed by atoms with E-state index in [1.54, 1.807) is 77.5 Å². The van der Waals surface area contributed by atoms with Gasteiger partial charge in [-0.05, 0) is 187 Å².